The van der Waals surface area contributed by atoms with Crippen LogP contribution in [0.1, 0.15) is 11.7 Å². The Balaban J connectivity index is 2.97. The Morgan fingerprint density at radius 2 is 1.94 bits per heavy atom. The molecule has 1 rings (SSSR count). The highest BCUT2D eigenvalue weighted by molar-refractivity contribution is 7.80. The van der Waals surface area contributed by atoms with Gasteiger partial charge >= 0.3 is 6.61 Å². The first-order valence-corrected chi connectivity index (χ1v) is 5.72. The summed E-state index contributed by atoms with van der Waals surface area (Å²) in [6, 6.07) is 3.95. The van der Waals surface area contributed by atoms with Crippen molar-refractivity contribution in [1.29, 1.82) is 0 Å². The molecular weight excluding hydrogens is 266 g/mol. The first-order chi connectivity index (χ1) is 8.49. The van der Waals surface area contributed by atoms with Crippen LogP contribution in [0.5, 0.6) is 11.5 Å². The topological polar surface area (TPSA) is 58.9 Å². The molecule has 0 aliphatic carbocycles. The molecule has 0 bridgehead atoms. The van der Waals surface area contributed by atoms with E-state index in [2.05, 4.69) is 17.4 Å². The zero-order valence-electron chi connectivity index (χ0n) is 9.59. The van der Waals surface area contributed by atoms with E-state index < -0.39 is 18.8 Å². The Morgan fingerprint density at radius 1 is 1.28 bits per heavy atom. The summed E-state index contributed by atoms with van der Waals surface area (Å²) >= 11 is 3.85. The van der Waals surface area contributed by atoms with Crippen molar-refractivity contribution in [2.45, 2.75) is 18.8 Å². The van der Waals surface area contributed by atoms with Crippen LogP contribution >= 0.6 is 12.6 Å². The lowest BCUT2D eigenvalue weighted by atomic mass is 10.0. The summed E-state index contributed by atoms with van der Waals surface area (Å²) in [6.07, 6.45) is -2.23. The third-order valence-electron chi connectivity index (χ3n) is 2.30. The van der Waals surface area contributed by atoms with Crippen molar-refractivity contribution < 1.29 is 28.5 Å². The van der Waals surface area contributed by atoms with Gasteiger partial charge in [-0.15, -0.1) is 0 Å². The summed E-state index contributed by atoms with van der Waals surface area (Å²) in [5, 5.41) is 19.2. The molecule has 0 heterocycles. The number of aliphatic hydroxyl groups is 2. The SMILES string of the molecule is COc1cc(C(O)C(O)CS)ccc1OC(F)F. The van der Waals surface area contributed by atoms with E-state index in [1.807, 2.05) is 0 Å². The monoisotopic (exact) mass is 280 g/mol. The Hall–Kier alpha value is -1.05. The van der Waals surface area contributed by atoms with E-state index in [9.17, 15) is 19.0 Å². The van der Waals surface area contributed by atoms with Crippen molar-refractivity contribution in [2.75, 3.05) is 12.9 Å². The van der Waals surface area contributed by atoms with Gasteiger partial charge in [0.2, 0.25) is 0 Å². The van der Waals surface area contributed by atoms with E-state index in [-0.39, 0.29) is 17.3 Å². The smallest absolute Gasteiger partial charge is 0.387 e. The second-order valence-corrected chi connectivity index (χ2v) is 3.85. The molecule has 0 aliphatic heterocycles. The third-order valence-corrected chi connectivity index (χ3v) is 2.67. The second kappa shape index (κ2) is 6.77. The van der Waals surface area contributed by atoms with Gasteiger partial charge in [0.05, 0.1) is 13.2 Å². The van der Waals surface area contributed by atoms with E-state index in [1.165, 1.54) is 25.3 Å². The number of aliphatic hydroxyl groups excluding tert-OH is 2. The van der Waals surface area contributed by atoms with Crippen LogP contribution in [0.2, 0.25) is 0 Å². The van der Waals surface area contributed by atoms with Crippen LogP contribution in [0.25, 0.3) is 0 Å². The van der Waals surface area contributed by atoms with Gasteiger partial charge in [-0.2, -0.15) is 21.4 Å². The largest absolute Gasteiger partial charge is 0.493 e. The summed E-state index contributed by atoms with van der Waals surface area (Å²) in [4.78, 5) is 0. The van der Waals surface area contributed by atoms with E-state index in [0.29, 0.717) is 5.56 Å². The van der Waals surface area contributed by atoms with Gasteiger partial charge in [-0.3, -0.25) is 0 Å². The normalized spacial score (nSPS) is 14.4. The standard InChI is InChI=1S/C11H14F2O4S/c1-16-9-4-6(10(15)7(14)5-18)2-3-8(9)17-11(12)13/h2-4,7,10-11,14-15,18H,5H2,1H3. The van der Waals surface area contributed by atoms with Gasteiger partial charge in [0, 0.05) is 5.75 Å². The Bertz CT molecular complexity index is 389. The van der Waals surface area contributed by atoms with Crippen molar-refractivity contribution in [3.05, 3.63) is 23.8 Å². The van der Waals surface area contributed by atoms with Crippen molar-refractivity contribution >= 4 is 12.6 Å². The zero-order valence-corrected chi connectivity index (χ0v) is 10.5. The van der Waals surface area contributed by atoms with E-state index >= 15 is 0 Å². The molecule has 4 nitrogen and oxygen atoms in total. The number of hydrogen-bond acceptors (Lipinski definition) is 5. The van der Waals surface area contributed by atoms with Gasteiger partial charge in [0.25, 0.3) is 0 Å². The Morgan fingerprint density at radius 3 is 2.44 bits per heavy atom. The number of ether oxygens (including phenoxy) is 2. The number of thiol groups is 1. The average molecular weight is 280 g/mol. The highest BCUT2D eigenvalue weighted by atomic mass is 32.1. The lowest BCUT2D eigenvalue weighted by Gasteiger charge is -2.18. The molecule has 102 valence electrons. The number of hydrogen-bond donors (Lipinski definition) is 3. The maximum atomic E-state index is 12.1. The lowest BCUT2D eigenvalue weighted by molar-refractivity contribution is -0.0512. The van der Waals surface area contributed by atoms with Gasteiger partial charge < -0.3 is 19.7 Å². The fraction of sp³-hybridized carbons (Fsp3) is 0.455. The van der Waals surface area contributed by atoms with Crippen LogP contribution in [-0.2, 0) is 0 Å². The summed E-state index contributed by atoms with van der Waals surface area (Å²) in [5.74, 6) is -0.0132. The van der Waals surface area contributed by atoms with Gasteiger partial charge in [0.15, 0.2) is 11.5 Å². The molecule has 2 unspecified atom stereocenters. The van der Waals surface area contributed by atoms with Crippen LogP contribution in [0, 0.1) is 0 Å². The first kappa shape index (κ1) is 15.0. The van der Waals surface area contributed by atoms with E-state index in [4.69, 9.17) is 4.74 Å². The molecule has 0 aromatic heterocycles. The number of methoxy groups -OCH3 is 1. The molecule has 2 N–H and O–H groups in total. The molecule has 0 radical (unpaired) electrons. The summed E-state index contributed by atoms with van der Waals surface area (Å²) in [5.41, 5.74) is 0.329. The summed E-state index contributed by atoms with van der Waals surface area (Å²) < 4.78 is 33.3. The average Bonchev–Trinajstić information content (AvgIpc) is 2.36. The van der Waals surface area contributed by atoms with E-state index in [1.54, 1.807) is 0 Å². The van der Waals surface area contributed by atoms with Gasteiger partial charge in [-0.1, -0.05) is 6.07 Å². The first-order valence-electron chi connectivity index (χ1n) is 5.09. The molecule has 0 saturated carbocycles. The van der Waals surface area contributed by atoms with Crippen LogP contribution in [0.4, 0.5) is 8.78 Å². The Labute approximate surface area is 109 Å². The fourth-order valence-electron chi connectivity index (χ4n) is 1.38. The molecule has 0 aliphatic rings. The van der Waals surface area contributed by atoms with Crippen LogP contribution < -0.4 is 9.47 Å². The maximum absolute atomic E-state index is 12.1. The molecular formula is C11H14F2O4S. The lowest BCUT2D eigenvalue weighted by Crippen LogP contribution is -2.19. The second-order valence-electron chi connectivity index (χ2n) is 3.48. The minimum absolute atomic E-state index is 0.0539. The molecule has 0 fully saturated rings. The maximum Gasteiger partial charge on any atom is 0.387 e. The fourth-order valence-corrected chi connectivity index (χ4v) is 1.58. The predicted molar refractivity (Wildman–Crippen MR) is 64.4 cm³/mol. The quantitative estimate of drug-likeness (QED) is 0.693. The molecule has 0 amide bonds. The van der Waals surface area contributed by atoms with Crippen molar-refractivity contribution in [3.8, 4) is 11.5 Å². The molecule has 2 atom stereocenters. The third kappa shape index (κ3) is 3.72. The molecule has 7 heteroatoms. The number of rotatable bonds is 6. The zero-order chi connectivity index (χ0) is 13.7. The molecule has 0 saturated heterocycles. The minimum atomic E-state index is -2.96. The van der Waals surface area contributed by atoms with Gasteiger partial charge in [-0.05, 0) is 17.7 Å². The van der Waals surface area contributed by atoms with Crippen LogP contribution in [-0.4, -0.2) is 35.8 Å². The summed E-state index contributed by atoms with van der Waals surface area (Å²) in [7, 11) is 1.29. The Kier molecular flexibility index (Phi) is 5.64. The van der Waals surface area contributed by atoms with Crippen LogP contribution in [0.3, 0.4) is 0 Å². The van der Waals surface area contributed by atoms with Crippen LogP contribution in [0.15, 0.2) is 18.2 Å². The van der Waals surface area contributed by atoms with Gasteiger partial charge in [0.1, 0.15) is 6.10 Å². The van der Waals surface area contributed by atoms with Crippen molar-refractivity contribution in [1.82, 2.24) is 0 Å². The van der Waals surface area contributed by atoms with Gasteiger partial charge in [-0.25, -0.2) is 0 Å². The predicted octanol–water partition coefficient (Wildman–Crippen LogP) is 1.62. The number of alkyl halides is 2. The molecule has 0 spiro atoms. The molecule has 1 aromatic carbocycles. The van der Waals surface area contributed by atoms with Crippen molar-refractivity contribution in [3.63, 3.8) is 0 Å². The number of benzene rings is 1. The van der Waals surface area contributed by atoms with E-state index in [0.717, 1.165) is 0 Å². The van der Waals surface area contributed by atoms with Crippen molar-refractivity contribution in [2.24, 2.45) is 0 Å². The summed E-state index contributed by atoms with van der Waals surface area (Å²) in [6.45, 7) is -2.96. The molecule has 18 heavy (non-hydrogen) atoms. The minimum Gasteiger partial charge on any atom is -0.493 e. The highest BCUT2D eigenvalue weighted by Crippen LogP contribution is 2.32. The number of halogens is 2. The molecule has 1 aromatic rings. The highest BCUT2D eigenvalue weighted by Gasteiger charge is 2.19.